The van der Waals surface area contributed by atoms with Gasteiger partial charge in [-0.1, -0.05) is 231 Å². The number of hydrogen-bond donors (Lipinski definition) is 0. The van der Waals surface area contributed by atoms with E-state index in [2.05, 4.69) is 231 Å². The van der Waals surface area contributed by atoms with Gasteiger partial charge in [-0.3, -0.25) is 0 Å². The minimum absolute atomic E-state index is 0.879. The summed E-state index contributed by atoms with van der Waals surface area (Å²) >= 11 is 1.25. The van der Waals surface area contributed by atoms with Gasteiger partial charge in [0.25, 0.3) is 0 Å². The van der Waals surface area contributed by atoms with Crippen molar-refractivity contribution in [1.29, 1.82) is 0 Å². The first kappa shape index (κ1) is 35.5. The van der Waals surface area contributed by atoms with Crippen LogP contribution in [0.4, 0.5) is 0 Å². The third kappa shape index (κ3) is 7.57. The number of benzene rings is 8. The minimum Gasteiger partial charge on any atom is -0.172 e. The van der Waals surface area contributed by atoms with Gasteiger partial charge in [-0.15, -0.1) is 0 Å². The van der Waals surface area contributed by atoms with E-state index in [0.29, 0.717) is 0 Å². The van der Waals surface area contributed by atoms with Gasteiger partial charge < -0.3 is 0 Å². The smallest absolute Gasteiger partial charge is 0.112 e. The molecule has 0 saturated heterocycles. The second kappa shape index (κ2) is 16.7. The van der Waals surface area contributed by atoms with Crippen LogP contribution >= 0.6 is 11.7 Å². The van der Waals surface area contributed by atoms with E-state index in [1.165, 1.54) is 56.3 Å². The van der Waals surface area contributed by atoms with Gasteiger partial charge in [-0.25, -0.2) is 0 Å². The predicted molar refractivity (Wildman–Crippen MR) is 239 cm³/mol. The molecular formula is C54H38N2S. The zero-order chi connectivity index (χ0) is 38.2. The fourth-order valence-corrected chi connectivity index (χ4v) is 8.20. The summed E-state index contributed by atoms with van der Waals surface area (Å²) in [5.74, 6) is 0. The van der Waals surface area contributed by atoms with Crippen LogP contribution in [0.2, 0.25) is 0 Å². The van der Waals surface area contributed by atoms with Crippen LogP contribution in [0, 0.1) is 0 Å². The molecule has 0 N–H and O–H groups in total. The van der Waals surface area contributed by atoms with Crippen molar-refractivity contribution >= 4 is 34.0 Å². The highest BCUT2D eigenvalue weighted by Crippen LogP contribution is 2.40. The minimum atomic E-state index is 0.879. The molecule has 1 aromatic heterocycles. The van der Waals surface area contributed by atoms with Crippen LogP contribution in [-0.2, 0) is 0 Å². The standard InChI is InChI=1S/C54H38N2S/c1-7-19-39(20-8-1)49(40-21-9-2-10-22-40)51(43-27-15-5-16-28-43)45-31-35-47(36-32-45)53-54(56-57-55-53)48-37-33-46(34-38-48)52(44-29-17-6-18-30-44)50(41-23-11-3-12-24-41)42-25-13-4-14-26-42/h1-38H. The molecule has 9 rings (SSSR count). The molecule has 0 bridgehead atoms. The first-order valence-electron chi connectivity index (χ1n) is 19.2. The molecule has 270 valence electrons. The van der Waals surface area contributed by atoms with E-state index >= 15 is 0 Å². The Morgan fingerprint density at radius 3 is 0.632 bits per heavy atom. The Balaban J connectivity index is 1.12. The third-order valence-corrected chi connectivity index (χ3v) is 10.8. The molecule has 2 nitrogen and oxygen atoms in total. The Hall–Kier alpha value is -7.20. The highest BCUT2D eigenvalue weighted by atomic mass is 32.1. The Bertz CT molecular complexity index is 2480. The fraction of sp³-hybridized carbons (Fsp3) is 0. The Morgan fingerprint density at radius 2 is 0.421 bits per heavy atom. The Kier molecular flexibility index (Phi) is 10.4. The molecule has 8 aromatic carbocycles. The van der Waals surface area contributed by atoms with Gasteiger partial charge in [0.1, 0.15) is 11.4 Å². The van der Waals surface area contributed by atoms with Crippen LogP contribution in [-0.4, -0.2) is 8.75 Å². The first-order chi connectivity index (χ1) is 28.3. The quantitative estimate of drug-likeness (QED) is 0.130. The fourth-order valence-electron chi connectivity index (χ4n) is 7.61. The largest absolute Gasteiger partial charge is 0.172 e. The van der Waals surface area contributed by atoms with Crippen molar-refractivity contribution < 1.29 is 0 Å². The number of aromatic nitrogens is 2. The van der Waals surface area contributed by atoms with Gasteiger partial charge in [0.05, 0.1) is 11.7 Å². The average Bonchev–Trinajstić information content (AvgIpc) is 3.80. The van der Waals surface area contributed by atoms with E-state index in [0.717, 1.165) is 44.8 Å². The van der Waals surface area contributed by atoms with Crippen molar-refractivity contribution in [2.24, 2.45) is 0 Å². The molecule has 57 heavy (non-hydrogen) atoms. The van der Waals surface area contributed by atoms with Crippen molar-refractivity contribution in [1.82, 2.24) is 8.75 Å². The molecule has 0 radical (unpaired) electrons. The van der Waals surface area contributed by atoms with Gasteiger partial charge in [-0.2, -0.15) is 8.75 Å². The average molecular weight is 747 g/mol. The maximum Gasteiger partial charge on any atom is 0.112 e. The lowest BCUT2D eigenvalue weighted by molar-refractivity contribution is 1.45. The van der Waals surface area contributed by atoms with Crippen LogP contribution in [0.3, 0.4) is 0 Å². The molecule has 0 aliphatic carbocycles. The van der Waals surface area contributed by atoms with E-state index in [-0.39, 0.29) is 0 Å². The third-order valence-electron chi connectivity index (χ3n) is 10.3. The molecule has 0 fully saturated rings. The highest BCUT2D eigenvalue weighted by Gasteiger charge is 2.20. The molecule has 0 atom stereocenters. The van der Waals surface area contributed by atoms with E-state index in [1.54, 1.807) is 0 Å². The second-order valence-electron chi connectivity index (χ2n) is 13.8. The molecule has 0 unspecified atom stereocenters. The lowest BCUT2D eigenvalue weighted by atomic mass is 9.85. The molecule has 0 aliphatic rings. The summed E-state index contributed by atoms with van der Waals surface area (Å²) in [7, 11) is 0. The van der Waals surface area contributed by atoms with Crippen LogP contribution in [0.5, 0.6) is 0 Å². The van der Waals surface area contributed by atoms with Crippen molar-refractivity contribution in [3.05, 3.63) is 275 Å². The van der Waals surface area contributed by atoms with Crippen molar-refractivity contribution in [3.63, 3.8) is 0 Å². The first-order valence-corrected chi connectivity index (χ1v) is 19.9. The van der Waals surface area contributed by atoms with Gasteiger partial charge >= 0.3 is 0 Å². The SMILES string of the molecule is c1ccc(C(=C(c2ccccc2)c2ccc(-c3nsnc3-c3ccc(C(=C(c4ccccc4)c4ccccc4)c4ccccc4)cc3)cc2)c2ccccc2)cc1. The predicted octanol–water partition coefficient (Wildman–Crippen LogP) is 13.9. The summed E-state index contributed by atoms with van der Waals surface area (Å²) in [5.41, 5.74) is 17.8. The normalized spacial score (nSPS) is 10.8. The summed E-state index contributed by atoms with van der Waals surface area (Å²) < 4.78 is 9.70. The molecule has 9 aromatic rings. The number of rotatable bonds is 10. The summed E-state index contributed by atoms with van der Waals surface area (Å²) in [5, 5.41) is 0. The van der Waals surface area contributed by atoms with Crippen molar-refractivity contribution in [2.45, 2.75) is 0 Å². The summed E-state index contributed by atoms with van der Waals surface area (Å²) in [4.78, 5) is 0. The Labute approximate surface area is 338 Å². The zero-order valence-corrected chi connectivity index (χ0v) is 32.1. The Morgan fingerprint density at radius 1 is 0.228 bits per heavy atom. The van der Waals surface area contributed by atoms with E-state index < -0.39 is 0 Å². The molecule has 1 heterocycles. The molecule has 3 heteroatoms. The number of nitrogens with zero attached hydrogens (tertiary/aromatic N) is 2. The molecule has 0 amide bonds. The van der Waals surface area contributed by atoms with Gasteiger partial charge in [-0.05, 0) is 66.8 Å². The second-order valence-corrected chi connectivity index (χ2v) is 14.3. The van der Waals surface area contributed by atoms with Crippen LogP contribution in [0.15, 0.2) is 231 Å². The van der Waals surface area contributed by atoms with Crippen LogP contribution < -0.4 is 0 Å². The van der Waals surface area contributed by atoms with Gasteiger partial charge in [0.15, 0.2) is 0 Å². The lowest BCUT2D eigenvalue weighted by Crippen LogP contribution is -1.98. The maximum atomic E-state index is 4.85. The summed E-state index contributed by atoms with van der Waals surface area (Å²) in [6.07, 6.45) is 0. The van der Waals surface area contributed by atoms with Gasteiger partial charge in [0, 0.05) is 11.1 Å². The zero-order valence-electron chi connectivity index (χ0n) is 31.2. The topological polar surface area (TPSA) is 25.8 Å². The van der Waals surface area contributed by atoms with E-state index in [4.69, 9.17) is 8.75 Å². The summed E-state index contributed by atoms with van der Waals surface area (Å²) in [6.45, 7) is 0. The monoisotopic (exact) mass is 746 g/mol. The van der Waals surface area contributed by atoms with Gasteiger partial charge in [0.2, 0.25) is 0 Å². The van der Waals surface area contributed by atoms with Crippen molar-refractivity contribution in [3.8, 4) is 22.5 Å². The molecule has 0 aliphatic heterocycles. The van der Waals surface area contributed by atoms with Crippen molar-refractivity contribution in [2.75, 3.05) is 0 Å². The van der Waals surface area contributed by atoms with Crippen LogP contribution in [0.1, 0.15) is 44.5 Å². The van der Waals surface area contributed by atoms with E-state index in [9.17, 15) is 0 Å². The summed E-state index contributed by atoms with van der Waals surface area (Å²) in [6, 6.07) is 81.7. The number of hydrogen-bond acceptors (Lipinski definition) is 3. The van der Waals surface area contributed by atoms with E-state index in [1.807, 2.05) is 0 Å². The highest BCUT2D eigenvalue weighted by molar-refractivity contribution is 6.99. The molecule has 0 saturated carbocycles. The molecule has 0 spiro atoms. The maximum absolute atomic E-state index is 4.85. The lowest BCUT2D eigenvalue weighted by Gasteiger charge is -2.18. The molecular weight excluding hydrogens is 709 g/mol. The van der Waals surface area contributed by atoms with Crippen LogP contribution in [0.25, 0.3) is 44.8 Å².